The number of rotatable bonds is 4. The largest absolute Gasteiger partial charge is 0.382 e. The van der Waals surface area contributed by atoms with E-state index in [9.17, 15) is 0 Å². The van der Waals surface area contributed by atoms with Gasteiger partial charge < -0.3 is 5.73 Å². The lowest BCUT2D eigenvalue weighted by atomic mass is 10.1. The van der Waals surface area contributed by atoms with Gasteiger partial charge in [-0.1, -0.05) is 29.8 Å². The van der Waals surface area contributed by atoms with Gasteiger partial charge in [0.15, 0.2) is 0 Å². The van der Waals surface area contributed by atoms with Crippen molar-refractivity contribution in [1.29, 1.82) is 0 Å². The van der Waals surface area contributed by atoms with Gasteiger partial charge in [0.25, 0.3) is 0 Å². The average Bonchev–Trinajstić information content (AvgIpc) is 2.32. The van der Waals surface area contributed by atoms with Crippen LogP contribution in [0.25, 0.3) is 0 Å². The van der Waals surface area contributed by atoms with Crippen molar-refractivity contribution >= 4 is 5.82 Å². The lowest BCUT2D eigenvalue weighted by molar-refractivity contribution is 0.314. The number of hydrogen-bond acceptors (Lipinski definition) is 4. The zero-order valence-electron chi connectivity index (χ0n) is 10.8. The van der Waals surface area contributed by atoms with Gasteiger partial charge in [-0.15, -0.1) is 0 Å². The molecule has 0 spiro atoms. The Morgan fingerprint density at radius 2 is 2.00 bits per heavy atom. The van der Waals surface area contributed by atoms with Crippen molar-refractivity contribution in [3.63, 3.8) is 0 Å². The molecule has 0 aliphatic rings. The highest BCUT2D eigenvalue weighted by Crippen LogP contribution is 2.08. The van der Waals surface area contributed by atoms with Gasteiger partial charge >= 0.3 is 0 Å². The van der Waals surface area contributed by atoms with Crippen LogP contribution in [0.4, 0.5) is 5.82 Å². The van der Waals surface area contributed by atoms with Crippen LogP contribution in [-0.2, 0) is 13.1 Å². The number of anilines is 1. The molecular formula is C14H18N4. The highest BCUT2D eigenvalue weighted by Gasteiger charge is 2.03. The fraction of sp³-hybridized carbons (Fsp3) is 0.286. The summed E-state index contributed by atoms with van der Waals surface area (Å²) in [4.78, 5) is 10.5. The third kappa shape index (κ3) is 3.53. The molecular weight excluding hydrogens is 224 g/mol. The minimum absolute atomic E-state index is 0.458. The van der Waals surface area contributed by atoms with E-state index in [1.807, 2.05) is 0 Å². The molecule has 2 aromatic rings. The Balaban J connectivity index is 1.96. The van der Waals surface area contributed by atoms with Crippen molar-refractivity contribution in [2.75, 3.05) is 12.8 Å². The summed E-state index contributed by atoms with van der Waals surface area (Å²) >= 11 is 0. The predicted octanol–water partition coefficient (Wildman–Crippen LogP) is 2.00. The maximum absolute atomic E-state index is 5.51. The number of nitrogens with zero attached hydrogens (tertiary/aromatic N) is 3. The molecule has 94 valence electrons. The van der Waals surface area contributed by atoms with Crippen LogP contribution >= 0.6 is 0 Å². The SMILES string of the molecule is Cc1cccc(CN(C)Cc2cnc(N)cn2)c1. The number of aromatic nitrogens is 2. The Bertz CT molecular complexity index is 507. The van der Waals surface area contributed by atoms with E-state index in [2.05, 4.69) is 53.1 Å². The van der Waals surface area contributed by atoms with Crippen molar-refractivity contribution in [3.8, 4) is 0 Å². The van der Waals surface area contributed by atoms with E-state index in [0.29, 0.717) is 5.82 Å². The minimum atomic E-state index is 0.458. The van der Waals surface area contributed by atoms with Crippen LogP contribution < -0.4 is 5.73 Å². The Hall–Kier alpha value is -1.94. The first-order chi connectivity index (χ1) is 8.63. The maximum atomic E-state index is 5.51. The molecule has 0 aliphatic carbocycles. The van der Waals surface area contributed by atoms with E-state index < -0.39 is 0 Å². The number of aryl methyl sites for hydroxylation is 1. The average molecular weight is 242 g/mol. The summed E-state index contributed by atoms with van der Waals surface area (Å²) in [5, 5.41) is 0. The predicted molar refractivity (Wildman–Crippen MR) is 72.8 cm³/mol. The molecule has 0 radical (unpaired) electrons. The highest BCUT2D eigenvalue weighted by atomic mass is 15.1. The molecule has 0 fully saturated rings. The third-order valence-electron chi connectivity index (χ3n) is 2.69. The van der Waals surface area contributed by atoms with E-state index >= 15 is 0 Å². The van der Waals surface area contributed by atoms with E-state index in [1.165, 1.54) is 11.1 Å². The highest BCUT2D eigenvalue weighted by molar-refractivity contribution is 5.23. The fourth-order valence-electron chi connectivity index (χ4n) is 1.90. The summed E-state index contributed by atoms with van der Waals surface area (Å²) in [6.07, 6.45) is 3.32. The third-order valence-corrected chi connectivity index (χ3v) is 2.69. The van der Waals surface area contributed by atoms with Gasteiger partial charge in [0.2, 0.25) is 0 Å². The second-order valence-electron chi connectivity index (χ2n) is 4.59. The molecule has 4 heteroatoms. The fourth-order valence-corrected chi connectivity index (χ4v) is 1.90. The maximum Gasteiger partial charge on any atom is 0.141 e. The molecule has 1 aromatic carbocycles. The van der Waals surface area contributed by atoms with E-state index in [0.717, 1.165) is 18.8 Å². The van der Waals surface area contributed by atoms with E-state index in [-0.39, 0.29) is 0 Å². The summed E-state index contributed by atoms with van der Waals surface area (Å²) in [6.45, 7) is 3.77. The first kappa shape index (κ1) is 12.5. The molecule has 0 unspecified atom stereocenters. The van der Waals surface area contributed by atoms with Gasteiger partial charge in [0, 0.05) is 13.1 Å². The van der Waals surface area contributed by atoms with Crippen molar-refractivity contribution in [3.05, 3.63) is 53.5 Å². The molecule has 0 saturated carbocycles. The second-order valence-corrected chi connectivity index (χ2v) is 4.59. The Morgan fingerprint density at radius 3 is 2.67 bits per heavy atom. The molecule has 0 saturated heterocycles. The van der Waals surface area contributed by atoms with Gasteiger partial charge in [-0.25, -0.2) is 4.98 Å². The number of hydrogen-bond donors (Lipinski definition) is 1. The Kier molecular flexibility index (Phi) is 3.89. The quantitative estimate of drug-likeness (QED) is 0.891. The van der Waals surface area contributed by atoms with Gasteiger partial charge in [-0.2, -0.15) is 0 Å². The molecule has 0 atom stereocenters. The van der Waals surface area contributed by atoms with Crippen LogP contribution in [0, 0.1) is 6.92 Å². The topological polar surface area (TPSA) is 55.0 Å². The minimum Gasteiger partial charge on any atom is -0.382 e. The Labute approximate surface area is 107 Å². The molecule has 0 bridgehead atoms. The van der Waals surface area contributed by atoms with Crippen molar-refractivity contribution < 1.29 is 0 Å². The summed E-state index contributed by atoms with van der Waals surface area (Å²) in [6, 6.07) is 8.53. The molecule has 0 aliphatic heterocycles. The molecule has 0 amide bonds. The van der Waals surface area contributed by atoms with Crippen molar-refractivity contribution in [2.45, 2.75) is 20.0 Å². The van der Waals surface area contributed by atoms with Crippen LogP contribution in [0.3, 0.4) is 0 Å². The smallest absolute Gasteiger partial charge is 0.141 e. The summed E-state index contributed by atoms with van der Waals surface area (Å²) in [5.41, 5.74) is 9.03. The zero-order valence-corrected chi connectivity index (χ0v) is 10.8. The molecule has 1 aromatic heterocycles. The van der Waals surface area contributed by atoms with Gasteiger partial charge in [0.05, 0.1) is 18.1 Å². The van der Waals surface area contributed by atoms with Crippen LogP contribution in [0.5, 0.6) is 0 Å². The van der Waals surface area contributed by atoms with Gasteiger partial charge in [-0.05, 0) is 19.5 Å². The van der Waals surface area contributed by atoms with E-state index in [1.54, 1.807) is 12.4 Å². The van der Waals surface area contributed by atoms with Crippen molar-refractivity contribution in [1.82, 2.24) is 14.9 Å². The van der Waals surface area contributed by atoms with Gasteiger partial charge in [0.1, 0.15) is 5.82 Å². The first-order valence-electron chi connectivity index (χ1n) is 5.94. The molecule has 1 heterocycles. The zero-order chi connectivity index (χ0) is 13.0. The normalized spacial score (nSPS) is 10.8. The Morgan fingerprint density at radius 1 is 1.17 bits per heavy atom. The molecule has 18 heavy (non-hydrogen) atoms. The number of benzene rings is 1. The molecule has 2 rings (SSSR count). The summed E-state index contributed by atoms with van der Waals surface area (Å²) < 4.78 is 0. The van der Waals surface area contributed by atoms with Gasteiger partial charge in [-0.3, -0.25) is 9.88 Å². The van der Waals surface area contributed by atoms with Crippen LogP contribution in [0.15, 0.2) is 36.7 Å². The lowest BCUT2D eigenvalue weighted by Gasteiger charge is -2.16. The van der Waals surface area contributed by atoms with Crippen LogP contribution in [0.1, 0.15) is 16.8 Å². The van der Waals surface area contributed by atoms with E-state index in [4.69, 9.17) is 5.73 Å². The number of nitrogens with two attached hydrogens (primary N) is 1. The summed E-state index contributed by atoms with van der Waals surface area (Å²) in [5.74, 6) is 0.458. The number of nitrogen functional groups attached to an aromatic ring is 1. The van der Waals surface area contributed by atoms with Crippen LogP contribution in [0.2, 0.25) is 0 Å². The molecule has 2 N–H and O–H groups in total. The monoisotopic (exact) mass is 242 g/mol. The second kappa shape index (κ2) is 5.60. The summed E-state index contributed by atoms with van der Waals surface area (Å²) in [7, 11) is 2.07. The van der Waals surface area contributed by atoms with Crippen LogP contribution in [-0.4, -0.2) is 21.9 Å². The molecule has 4 nitrogen and oxygen atoms in total. The standard InChI is InChI=1S/C14H18N4/c1-11-4-3-5-12(6-11)9-18(2)10-13-7-17-14(15)8-16-13/h3-8H,9-10H2,1-2H3,(H2,15,17). The first-order valence-corrected chi connectivity index (χ1v) is 5.94. The lowest BCUT2D eigenvalue weighted by Crippen LogP contribution is -2.18. The van der Waals surface area contributed by atoms with Crippen molar-refractivity contribution in [2.24, 2.45) is 0 Å².